The van der Waals surface area contributed by atoms with Gasteiger partial charge >= 0.3 is 0 Å². The summed E-state index contributed by atoms with van der Waals surface area (Å²) in [6.45, 7) is 4.31. The fourth-order valence-corrected chi connectivity index (χ4v) is 2.41. The van der Waals surface area contributed by atoms with Gasteiger partial charge in [0, 0.05) is 19.7 Å². The number of nitrogens with one attached hydrogen (secondary N) is 1. The minimum absolute atomic E-state index is 0.0236. The number of piperidine rings is 1. The van der Waals surface area contributed by atoms with Crippen molar-refractivity contribution in [1.82, 2.24) is 4.98 Å². The summed E-state index contributed by atoms with van der Waals surface area (Å²) in [6, 6.07) is 2.79. The van der Waals surface area contributed by atoms with Crippen LogP contribution < -0.4 is 16.2 Å². The van der Waals surface area contributed by atoms with Gasteiger partial charge in [-0.2, -0.15) is 0 Å². The molecule has 2 heterocycles. The minimum Gasteiger partial charge on any atom is -0.376 e. The monoisotopic (exact) mass is 295 g/mol. The van der Waals surface area contributed by atoms with E-state index in [1.54, 1.807) is 0 Å². The summed E-state index contributed by atoms with van der Waals surface area (Å²) in [5.74, 6) is 6.18. The smallest absolute Gasteiger partial charge is 0.276 e. The SMILES string of the molecule is CCCOC1CCCN(c2cc([N+](=O)[O-])cc(NN)n2)C1. The first kappa shape index (κ1) is 15.5. The maximum atomic E-state index is 11.0. The van der Waals surface area contributed by atoms with Gasteiger partial charge in [-0.1, -0.05) is 6.92 Å². The van der Waals surface area contributed by atoms with Gasteiger partial charge in [0.2, 0.25) is 0 Å². The van der Waals surface area contributed by atoms with Crippen molar-refractivity contribution in [3.8, 4) is 0 Å². The molecule has 1 aliphatic rings. The average Bonchev–Trinajstić information content (AvgIpc) is 2.52. The Labute approximate surface area is 123 Å². The second-order valence-electron chi connectivity index (χ2n) is 5.05. The van der Waals surface area contributed by atoms with E-state index in [2.05, 4.69) is 17.3 Å². The van der Waals surface area contributed by atoms with Gasteiger partial charge in [-0.25, -0.2) is 10.8 Å². The van der Waals surface area contributed by atoms with Crippen molar-refractivity contribution in [3.05, 3.63) is 22.2 Å². The van der Waals surface area contributed by atoms with Gasteiger partial charge in [0.05, 0.1) is 23.2 Å². The molecule has 0 radical (unpaired) electrons. The van der Waals surface area contributed by atoms with Crippen molar-refractivity contribution in [1.29, 1.82) is 0 Å². The molecular weight excluding hydrogens is 274 g/mol. The largest absolute Gasteiger partial charge is 0.376 e. The zero-order chi connectivity index (χ0) is 15.2. The van der Waals surface area contributed by atoms with Gasteiger partial charge < -0.3 is 15.1 Å². The third-order valence-corrected chi connectivity index (χ3v) is 3.42. The molecule has 0 bridgehead atoms. The lowest BCUT2D eigenvalue weighted by Gasteiger charge is -2.33. The van der Waals surface area contributed by atoms with Crippen LogP contribution in [0, 0.1) is 10.1 Å². The number of hydrogen-bond donors (Lipinski definition) is 2. The molecule has 0 saturated carbocycles. The third kappa shape index (κ3) is 4.02. The summed E-state index contributed by atoms with van der Waals surface area (Å²) < 4.78 is 5.77. The van der Waals surface area contributed by atoms with Crippen molar-refractivity contribution in [2.75, 3.05) is 30.0 Å². The molecule has 2 rings (SSSR count). The molecule has 3 N–H and O–H groups in total. The Balaban J connectivity index is 2.16. The van der Waals surface area contributed by atoms with Gasteiger partial charge in [0.15, 0.2) is 0 Å². The summed E-state index contributed by atoms with van der Waals surface area (Å²) in [6.07, 6.45) is 3.11. The zero-order valence-electron chi connectivity index (χ0n) is 12.1. The van der Waals surface area contributed by atoms with E-state index in [0.717, 1.165) is 32.4 Å². The number of nitrogens with zero attached hydrogens (tertiary/aromatic N) is 3. The van der Waals surface area contributed by atoms with Gasteiger partial charge in [0.1, 0.15) is 11.6 Å². The molecule has 1 saturated heterocycles. The minimum atomic E-state index is -0.443. The number of nitro groups is 1. The molecular formula is C13H21N5O3. The molecule has 8 heteroatoms. The first-order valence-corrected chi connectivity index (χ1v) is 7.13. The van der Waals surface area contributed by atoms with E-state index in [0.29, 0.717) is 12.4 Å². The lowest BCUT2D eigenvalue weighted by Crippen LogP contribution is -2.40. The number of anilines is 2. The number of nitrogen functional groups attached to an aromatic ring is 1. The van der Waals surface area contributed by atoms with Gasteiger partial charge in [-0.3, -0.25) is 10.1 Å². The van der Waals surface area contributed by atoms with E-state index in [9.17, 15) is 10.1 Å². The van der Waals surface area contributed by atoms with Crippen LogP contribution in [0.25, 0.3) is 0 Å². The zero-order valence-corrected chi connectivity index (χ0v) is 12.1. The van der Waals surface area contributed by atoms with Crippen LogP contribution in [-0.4, -0.2) is 35.7 Å². The molecule has 0 aliphatic carbocycles. The van der Waals surface area contributed by atoms with E-state index in [4.69, 9.17) is 10.6 Å². The highest BCUT2D eigenvalue weighted by molar-refractivity contribution is 5.55. The summed E-state index contributed by atoms with van der Waals surface area (Å²) >= 11 is 0. The molecule has 1 aliphatic heterocycles. The Bertz CT molecular complexity index is 497. The van der Waals surface area contributed by atoms with Gasteiger partial charge in [-0.15, -0.1) is 0 Å². The predicted molar refractivity (Wildman–Crippen MR) is 80.2 cm³/mol. The molecule has 1 atom stereocenters. The maximum absolute atomic E-state index is 11.0. The highest BCUT2D eigenvalue weighted by Crippen LogP contribution is 2.26. The Morgan fingerprint density at radius 1 is 1.62 bits per heavy atom. The number of nitrogens with two attached hydrogens (primary N) is 1. The average molecular weight is 295 g/mol. The molecule has 0 spiro atoms. The number of hydrazine groups is 1. The molecule has 0 aromatic carbocycles. The molecule has 1 unspecified atom stereocenters. The first-order valence-electron chi connectivity index (χ1n) is 7.13. The molecule has 1 aromatic rings. The van der Waals surface area contributed by atoms with E-state index in [1.807, 2.05) is 4.90 Å². The quantitative estimate of drug-likeness (QED) is 0.467. The number of pyridine rings is 1. The van der Waals surface area contributed by atoms with Crippen molar-refractivity contribution in [3.63, 3.8) is 0 Å². The summed E-state index contributed by atoms with van der Waals surface area (Å²) in [5, 5.41) is 11.0. The van der Waals surface area contributed by atoms with Crippen LogP contribution in [0.3, 0.4) is 0 Å². The normalized spacial score (nSPS) is 18.6. The van der Waals surface area contributed by atoms with Crippen LogP contribution in [0.5, 0.6) is 0 Å². The van der Waals surface area contributed by atoms with Crippen molar-refractivity contribution in [2.45, 2.75) is 32.3 Å². The summed E-state index contributed by atoms with van der Waals surface area (Å²) in [5.41, 5.74) is 2.35. The number of aromatic nitrogens is 1. The molecule has 1 aromatic heterocycles. The van der Waals surface area contributed by atoms with Crippen LogP contribution in [0.15, 0.2) is 12.1 Å². The number of rotatable bonds is 6. The van der Waals surface area contributed by atoms with Crippen LogP contribution in [0.2, 0.25) is 0 Å². The summed E-state index contributed by atoms with van der Waals surface area (Å²) in [7, 11) is 0. The van der Waals surface area contributed by atoms with Crippen LogP contribution in [0.4, 0.5) is 17.3 Å². The molecule has 21 heavy (non-hydrogen) atoms. The number of ether oxygens (including phenoxy) is 1. The molecule has 1 fully saturated rings. The van der Waals surface area contributed by atoms with E-state index in [-0.39, 0.29) is 17.6 Å². The van der Waals surface area contributed by atoms with Gasteiger partial charge in [-0.05, 0) is 19.3 Å². The Kier molecular flexibility index (Phi) is 5.29. The fraction of sp³-hybridized carbons (Fsp3) is 0.615. The Morgan fingerprint density at radius 3 is 3.10 bits per heavy atom. The Morgan fingerprint density at radius 2 is 2.43 bits per heavy atom. The lowest BCUT2D eigenvalue weighted by molar-refractivity contribution is -0.384. The van der Waals surface area contributed by atoms with Crippen LogP contribution in [-0.2, 0) is 4.74 Å². The van der Waals surface area contributed by atoms with Crippen LogP contribution in [0.1, 0.15) is 26.2 Å². The Hall–Kier alpha value is -1.93. The van der Waals surface area contributed by atoms with E-state index in [1.165, 1.54) is 12.1 Å². The van der Waals surface area contributed by atoms with Crippen LogP contribution >= 0.6 is 0 Å². The second-order valence-corrected chi connectivity index (χ2v) is 5.05. The topological polar surface area (TPSA) is 107 Å². The van der Waals surface area contributed by atoms with Gasteiger partial charge in [0.25, 0.3) is 5.69 Å². The molecule has 116 valence electrons. The van der Waals surface area contributed by atoms with E-state index < -0.39 is 4.92 Å². The number of hydrogen-bond acceptors (Lipinski definition) is 7. The van der Waals surface area contributed by atoms with Crippen molar-refractivity contribution < 1.29 is 9.66 Å². The lowest BCUT2D eigenvalue weighted by atomic mass is 10.1. The molecule has 0 amide bonds. The fourth-order valence-electron chi connectivity index (χ4n) is 2.41. The highest BCUT2D eigenvalue weighted by Gasteiger charge is 2.23. The summed E-state index contributed by atoms with van der Waals surface area (Å²) in [4.78, 5) is 16.8. The maximum Gasteiger partial charge on any atom is 0.276 e. The predicted octanol–water partition coefficient (Wildman–Crippen LogP) is 1.67. The van der Waals surface area contributed by atoms with Crippen molar-refractivity contribution >= 4 is 17.3 Å². The highest BCUT2D eigenvalue weighted by atomic mass is 16.6. The van der Waals surface area contributed by atoms with E-state index >= 15 is 0 Å². The first-order chi connectivity index (χ1) is 10.1. The van der Waals surface area contributed by atoms with Crippen molar-refractivity contribution in [2.24, 2.45) is 5.84 Å². The third-order valence-electron chi connectivity index (χ3n) is 3.42. The molecule has 8 nitrogen and oxygen atoms in total. The second kappa shape index (κ2) is 7.19. The standard InChI is InChI=1S/C13H21N5O3/c1-2-6-21-11-4-3-5-17(9-11)13-8-10(18(19)20)7-12(15-13)16-14/h7-8,11H,2-6,9,14H2,1H3,(H,15,16).